The number of nitrogens with zero attached hydrogens (tertiary/aromatic N) is 1. The van der Waals surface area contributed by atoms with Crippen molar-refractivity contribution >= 4 is 0 Å². The Balaban J connectivity index is 1.98. The molecule has 0 bridgehead atoms. The van der Waals surface area contributed by atoms with Crippen molar-refractivity contribution < 1.29 is 20.1 Å². The average Bonchev–Trinajstić information content (AvgIpc) is 2.65. The van der Waals surface area contributed by atoms with Gasteiger partial charge in [0.05, 0.1) is 12.7 Å². The van der Waals surface area contributed by atoms with Crippen LogP contribution in [0.5, 0.6) is 0 Å². The Kier molecular flexibility index (Phi) is 4.02. The van der Waals surface area contributed by atoms with Gasteiger partial charge in [0.1, 0.15) is 12.5 Å². The molecule has 0 aromatic carbocycles. The summed E-state index contributed by atoms with van der Waals surface area (Å²) < 4.78 is 5.71. The molecule has 2 rings (SSSR count). The van der Waals surface area contributed by atoms with Gasteiger partial charge in [0, 0.05) is 12.5 Å². The maximum atomic E-state index is 9.88. The van der Waals surface area contributed by atoms with Crippen molar-refractivity contribution in [2.45, 2.75) is 45.2 Å². The van der Waals surface area contributed by atoms with Crippen molar-refractivity contribution in [3.8, 4) is 0 Å². The van der Waals surface area contributed by atoms with Crippen molar-refractivity contribution in [3.05, 3.63) is 0 Å². The molecule has 2 fully saturated rings. The maximum Gasteiger partial charge on any atom is 0.167 e. The van der Waals surface area contributed by atoms with Crippen molar-refractivity contribution in [1.82, 2.24) is 10.2 Å². The first-order valence-electron chi connectivity index (χ1n) is 6.17. The lowest BCUT2D eigenvalue weighted by Gasteiger charge is -2.41. The van der Waals surface area contributed by atoms with Crippen LogP contribution in [0.15, 0.2) is 0 Å². The molecule has 6 heteroatoms. The molecule has 4 N–H and O–H groups in total. The number of rotatable bonds is 2. The number of hydrogen-bond donors (Lipinski definition) is 4. The van der Waals surface area contributed by atoms with E-state index in [9.17, 15) is 10.2 Å². The monoisotopic (exact) mass is 246 g/mol. The maximum absolute atomic E-state index is 9.88. The van der Waals surface area contributed by atoms with Gasteiger partial charge in [-0.05, 0) is 12.3 Å². The number of nitrogens with one attached hydrogen (secondary N) is 1. The fourth-order valence-corrected chi connectivity index (χ4v) is 2.52. The molecule has 6 atom stereocenters. The van der Waals surface area contributed by atoms with Crippen LogP contribution < -0.4 is 5.32 Å². The fourth-order valence-electron chi connectivity index (χ4n) is 2.52. The van der Waals surface area contributed by atoms with Crippen LogP contribution in [0.1, 0.15) is 20.3 Å². The Hall–Kier alpha value is -0.240. The van der Waals surface area contributed by atoms with Crippen LogP contribution in [0.4, 0.5) is 0 Å². The Labute approximate surface area is 101 Å². The van der Waals surface area contributed by atoms with Crippen LogP contribution in [0.2, 0.25) is 0 Å². The molecular weight excluding hydrogens is 224 g/mol. The minimum atomic E-state index is -0.893. The average molecular weight is 246 g/mol. The van der Waals surface area contributed by atoms with Gasteiger partial charge in [0.25, 0.3) is 0 Å². The molecule has 17 heavy (non-hydrogen) atoms. The van der Waals surface area contributed by atoms with Gasteiger partial charge in [-0.15, -0.1) is 0 Å². The minimum Gasteiger partial charge on any atom is -0.394 e. The lowest BCUT2D eigenvalue weighted by Crippen LogP contribution is -2.62. The highest BCUT2D eigenvalue weighted by Crippen LogP contribution is 2.30. The zero-order chi connectivity index (χ0) is 12.6. The van der Waals surface area contributed by atoms with Crippen molar-refractivity contribution in [2.24, 2.45) is 11.8 Å². The van der Waals surface area contributed by atoms with E-state index >= 15 is 0 Å². The molecule has 2 aliphatic heterocycles. The number of ether oxygens (including phenoxy) is 1. The Bertz CT molecular complexity index is 266. The molecule has 100 valence electrons. The molecule has 2 saturated heterocycles. The van der Waals surface area contributed by atoms with E-state index in [1.165, 1.54) is 0 Å². The van der Waals surface area contributed by atoms with Crippen LogP contribution in [-0.4, -0.2) is 58.3 Å². The molecule has 0 radical (unpaired) electrons. The second-order valence-electron chi connectivity index (χ2n) is 5.18. The lowest BCUT2D eigenvalue weighted by atomic mass is 10.0. The van der Waals surface area contributed by atoms with E-state index in [4.69, 9.17) is 9.84 Å². The molecule has 0 aromatic rings. The Morgan fingerprint density at radius 3 is 2.59 bits per heavy atom. The van der Waals surface area contributed by atoms with E-state index in [1.807, 2.05) is 13.8 Å². The first-order chi connectivity index (χ1) is 8.02. The van der Waals surface area contributed by atoms with Crippen molar-refractivity contribution in [1.29, 1.82) is 0 Å². The Morgan fingerprint density at radius 2 is 2.00 bits per heavy atom. The third kappa shape index (κ3) is 2.62. The molecule has 2 heterocycles. The van der Waals surface area contributed by atoms with Crippen LogP contribution in [0.3, 0.4) is 0 Å². The summed E-state index contributed by atoms with van der Waals surface area (Å²) in [6.07, 6.45) is -1.15. The molecule has 0 amide bonds. The summed E-state index contributed by atoms with van der Waals surface area (Å²) in [5.74, 6) is 0.310. The number of hydrogen-bond acceptors (Lipinski definition) is 6. The van der Waals surface area contributed by atoms with Gasteiger partial charge in [-0.25, -0.2) is 4.90 Å². The normalized spacial score (nSPS) is 48.5. The van der Waals surface area contributed by atoms with Crippen LogP contribution in [0, 0.1) is 11.8 Å². The summed E-state index contributed by atoms with van der Waals surface area (Å²) in [6.45, 7) is 4.53. The van der Waals surface area contributed by atoms with Gasteiger partial charge >= 0.3 is 0 Å². The van der Waals surface area contributed by atoms with E-state index < -0.39 is 12.6 Å². The van der Waals surface area contributed by atoms with Gasteiger partial charge in [0.15, 0.2) is 6.35 Å². The van der Waals surface area contributed by atoms with E-state index in [0.717, 1.165) is 6.42 Å². The van der Waals surface area contributed by atoms with Crippen LogP contribution >= 0.6 is 0 Å². The predicted molar refractivity (Wildman–Crippen MR) is 60.5 cm³/mol. The second kappa shape index (κ2) is 5.17. The fraction of sp³-hybridized carbons (Fsp3) is 1.00. The summed E-state index contributed by atoms with van der Waals surface area (Å²) >= 11 is 0. The lowest BCUT2D eigenvalue weighted by molar-refractivity contribution is -0.188. The molecule has 0 aliphatic carbocycles. The molecular formula is C11H22N2O4. The molecule has 6 nitrogen and oxygen atoms in total. The van der Waals surface area contributed by atoms with E-state index in [1.54, 1.807) is 4.90 Å². The first-order valence-corrected chi connectivity index (χ1v) is 6.17. The smallest absolute Gasteiger partial charge is 0.167 e. The molecule has 6 unspecified atom stereocenters. The van der Waals surface area contributed by atoms with Gasteiger partial charge < -0.3 is 20.1 Å². The third-order valence-corrected chi connectivity index (χ3v) is 3.76. The number of aliphatic hydroxyl groups is 3. The summed E-state index contributed by atoms with van der Waals surface area (Å²) in [7, 11) is 0. The Morgan fingerprint density at radius 1 is 1.29 bits per heavy atom. The molecule has 2 aliphatic rings. The minimum absolute atomic E-state index is 0.00715. The van der Waals surface area contributed by atoms with Crippen LogP contribution in [-0.2, 0) is 4.74 Å². The van der Waals surface area contributed by atoms with Gasteiger partial charge in [-0.1, -0.05) is 13.8 Å². The van der Waals surface area contributed by atoms with E-state index in [2.05, 4.69) is 5.32 Å². The zero-order valence-corrected chi connectivity index (χ0v) is 10.3. The topological polar surface area (TPSA) is 85.2 Å². The van der Waals surface area contributed by atoms with Crippen molar-refractivity contribution in [2.75, 3.05) is 13.2 Å². The molecule has 0 spiro atoms. The van der Waals surface area contributed by atoms with Crippen molar-refractivity contribution in [3.63, 3.8) is 0 Å². The summed E-state index contributed by atoms with van der Waals surface area (Å²) in [5, 5.41) is 31.3. The summed E-state index contributed by atoms with van der Waals surface area (Å²) in [4.78, 5) is 1.80. The highest BCUT2D eigenvalue weighted by Gasteiger charge is 2.41. The van der Waals surface area contributed by atoms with Crippen LogP contribution in [0.25, 0.3) is 0 Å². The van der Waals surface area contributed by atoms with Gasteiger partial charge in [-0.2, -0.15) is 0 Å². The predicted octanol–water partition coefficient (Wildman–Crippen LogP) is -1.13. The number of aliphatic hydroxyl groups excluding tert-OH is 3. The molecule has 0 aromatic heterocycles. The quantitative estimate of drug-likeness (QED) is 0.493. The van der Waals surface area contributed by atoms with Gasteiger partial charge in [-0.3, -0.25) is 5.32 Å². The highest BCUT2D eigenvalue weighted by molar-refractivity contribution is 4.84. The zero-order valence-electron chi connectivity index (χ0n) is 10.3. The van der Waals surface area contributed by atoms with E-state index in [0.29, 0.717) is 6.54 Å². The second-order valence-corrected chi connectivity index (χ2v) is 5.18. The largest absolute Gasteiger partial charge is 0.394 e. The first kappa shape index (κ1) is 13.2. The SMILES string of the molecule is CC1CN(C2CC(C)C(CO)O2)C(O)NC1O. The molecule has 0 saturated carbocycles. The van der Waals surface area contributed by atoms with E-state index in [-0.39, 0.29) is 30.8 Å². The standard InChI is InChI=1S/C11H22N2O4/c1-6-3-9(17-8(6)5-14)13-4-7(2)10(15)12-11(13)16/h6-12,14-16H,3-5H2,1-2H3. The summed E-state index contributed by atoms with van der Waals surface area (Å²) in [6, 6.07) is 0. The third-order valence-electron chi connectivity index (χ3n) is 3.76. The van der Waals surface area contributed by atoms with Gasteiger partial charge in [0.2, 0.25) is 0 Å². The highest BCUT2D eigenvalue weighted by atomic mass is 16.5. The summed E-state index contributed by atoms with van der Waals surface area (Å²) in [5.41, 5.74) is 0.